The highest BCUT2D eigenvalue weighted by Gasteiger charge is 2.23. The predicted molar refractivity (Wildman–Crippen MR) is 85.5 cm³/mol. The fourth-order valence-electron chi connectivity index (χ4n) is 2.61. The second-order valence-corrected chi connectivity index (χ2v) is 5.54. The lowest BCUT2D eigenvalue weighted by molar-refractivity contribution is 0.102. The molecule has 0 saturated heterocycles. The molecule has 3 heterocycles. The molecule has 1 aromatic carbocycles. The molecule has 0 atom stereocenters. The average Bonchev–Trinajstić information content (AvgIpc) is 3.19. The number of amides is 1. The van der Waals surface area contributed by atoms with Gasteiger partial charge < -0.3 is 19.2 Å². The van der Waals surface area contributed by atoms with Crippen molar-refractivity contribution >= 4 is 28.7 Å². The van der Waals surface area contributed by atoms with E-state index in [0.29, 0.717) is 27.8 Å². The normalized spacial score (nSPS) is 12.6. The summed E-state index contributed by atoms with van der Waals surface area (Å²) in [7, 11) is 0. The molecular formula is C16H12ClN3O3. The smallest absolute Gasteiger partial charge is 0.257 e. The monoisotopic (exact) mass is 329 g/mol. The number of fused-ring (bicyclic) bond motifs is 2. The van der Waals surface area contributed by atoms with Crippen molar-refractivity contribution in [3.05, 3.63) is 53.1 Å². The van der Waals surface area contributed by atoms with Gasteiger partial charge in [-0.25, -0.2) is 4.98 Å². The summed E-state index contributed by atoms with van der Waals surface area (Å²) in [5.41, 5.74) is 2.66. The van der Waals surface area contributed by atoms with E-state index < -0.39 is 0 Å². The number of anilines is 1. The summed E-state index contributed by atoms with van der Waals surface area (Å²) in [5, 5.41) is 3.21. The Morgan fingerprint density at radius 2 is 2.17 bits per heavy atom. The van der Waals surface area contributed by atoms with Gasteiger partial charge in [-0.2, -0.15) is 0 Å². The Balaban J connectivity index is 1.73. The van der Waals surface area contributed by atoms with Gasteiger partial charge in [0.1, 0.15) is 5.69 Å². The minimum Gasteiger partial charge on any atom is -0.454 e. The van der Waals surface area contributed by atoms with Crippen LogP contribution in [0, 0.1) is 6.92 Å². The maximum absolute atomic E-state index is 12.7. The summed E-state index contributed by atoms with van der Waals surface area (Å²) < 4.78 is 12.6. The van der Waals surface area contributed by atoms with Crippen LogP contribution < -0.4 is 14.8 Å². The van der Waals surface area contributed by atoms with Crippen molar-refractivity contribution in [3.8, 4) is 11.5 Å². The van der Waals surface area contributed by atoms with E-state index in [9.17, 15) is 4.79 Å². The van der Waals surface area contributed by atoms with Gasteiger partial charge in [0.25, 0.3) is 5.91 Å². The molecule has 1 aliphatic heterocycles. The van der Waals surface area contributed by atoms with Gasteiger partial charge in [0.2, 0.25) is 6.79 Å². The minimum atomic E-state index is -0.274. The first-order chi connectivity index (χ1) is 11.1. The summed E-state index contributed by atoms with van der Waals surface area (Å²) in [4.78, 5) is 16.7. The van der Waals surface area contributed by atoms with Gasteiger partial charge in [0.05, 0.1) is 28.6 Å². The predicted octanol–water partition coefficient (Wildman–Crippen LogP) is 3.28. The Hall–Kier alpha value is -2.73. The fourth-order valence-corrected chi connectivity index (χ4v) is 2.81. The Morgan fingerprint density at radius 1 is 1.30 bits per heavy atom. The Labute approximate surface area is 136 Å². The molecule has 0 radical (unpaired) electrons. The van der Waals surface area contributed by atoms with Crippen LogP contribution in [0.1, 0.15) is 16.1 Å². The summed E-state index contributed by atoms with van der Waals surface area (Å²) in [6, 6.07) is 6.97. The summed E-state index contributed by atoms with van der Waals surface area (Å²) in [5.74, 6) is 0.739. The molecule has 1 N–H and O–H groups in total. The first-order valence-electron chi connectivity index (χ1n) is 6.96. The largest absolute Gasteiger partial charge is 0.454 e. The number of ether oxygens (including phenoxy) is 2. The van der Waals surface area contributed by atoms with E-state index in [1.165, 1.54) is 0 Å². The van der Waals surface area contributed by atoms with Gasteiger partial charge in [-0.1, -0.05) is 11.6 Å². The van der Waals surface area contributed by atoms with Crippen molar-refractivity contribution in [2.24, 2.45) is 0 Å². The third-order valence-corrected chi connectivity index (χ3v) is 4.13. The zero-order valence-corrected chi connectivity index (χ0v) is 12.9. The number of carbonyl (C=O) groups is 1. The van der Waals surface area contributed by atoms with Crippen LogP contribution in [-0.2, 0) is 0 Å². The van der Waals surface area contributed by atoms with Gasteiger partial charge in [-0.15, -0.1) is 0 Å². The fraction of sp³-hybridized carbons (Fsp3) is 0.125. The number of rotatable bonds is 2. The van der Waals surface area contributed by atoms with Crippen LogP contribution in [0.4, 0.5) is 5.69 Å². The molecule has 4 rings (SSSR count). The average molecular weight is 330 g/mol. The molecule has 1 amide bonds. The number of hydrogen-bond donors (Lipinski definition) is 1. The number of aromatic nitrogens is 2. The number of imidazole rings is 1. The lowest BCUT2D eigenvalue weighted by Gasteiger charge is -2.12. The van der Waals surface area contributed by atoms with Crippen molar-refractivity contribution in [2.45, 2.75) is 6.92 Å². The lowest BCUT2D eigenvalue weighted by Crippen LogP contribution is -2.15. The minimum absolute atomic E-state index is 0.110. The zero-order valence-electron chi connectivity index (χ0n) is 12.2. The van der Waals surface area contributed by atoms with Crippen molar-refractivity contribution in [3.63, 3.8) is 0 Å². The SMILES string of the molecule is Cc1c(C(=O)Nc2c(Cl)ccc3c2OCO3)ccc2cncn12. The van der Waals surface area contributed by atoms with Crippen LogP contribution in [0.25, 0.3) is 5.52 Å². The van der Waals surface area contributed by atoms with Gasteiger partial charge in [0.15, 0.2) is 11.5 Å². The number of nitrogens with zero attached hydrogens (tertiary/aromatic N) is 2. The molecular weight excluding hydrogens is 318 g/mol. The molecule has 23 heavy (non-hydrogen) atoms. The van der Waals surface area contributed by atoms with E-state index >= 15 is 0 Å². The highest BCUT2D eigenvalue weighted by molar-refractivity contribution is 6.34. The van der Waals surface area contributed by atoms with E-state index in [4.69, 9.17) is 21.1 Å². The number of benzene rings is 1. The maximum Gasteiger partial charge on any atom is 0.257 e. The molecule has 3 aromatic rings. The molecule has 0 spiro atoms. The topological polar surface area (TPSA) is 64.9 Å². The van der Waals surface area contributed by atoms with Crippen molar-refractivity contribution in [1.82, 2.24) is 9.38 Å². The van der Waals surface area contributed by atoms with Gasteiger partial charge in [0, 0.05) is 5.69 Å². The zero-order chi connectivity index (χ0) is 16.0. The molecule has 0 aliphatic carbocycles. The lowest BCUT2D eigenvalue weighted by atomic mass is 10.1. The quantitative estimate of drug-likeness (QED) is 0.783. The van der Waals surface area contributed by atoms with Crippen LogP contribution in [0.3, 0.4) is 0 Å². The number of nitrogens with one attached hydrogen (secondary N) is 1. The van der Waals surface area contributed by atoms with Gasteiger partial charge in [-0.3, -0.25) is 4.79 Å². The maximum atomic E-state index is 12.7. The number of carbonyl (C=O) groups excluding carboxylic acids is 1. The number of pyridine rings is 1. The molecule has 0 unspecified atom stereocenters. The molecule has 6 nitrogen and oxygen atoms in total. The standard InChI is InChI=1S/C16H12ClN3O3/c1-9-11(3-2-10-6-18-7-20(9)10)16(21)19-14-12(17)4-5-13-15(14)23-8-22-13/h2-7H,8H2,1H3,(H,19,21). The Kier molecular flexibility index (Phi) is 3.12. The van der Waals surface area contributed by atoms with Gasteiger partial charge >= 0.3 is 0 Å². The van der Waals surface area contributed by atoms with Crippen molar-refractivity contribution in [1.29, 1.82) is 0 Å². The van der Waals surface area contributed by atoms with Crippen molar-refractivity contribution < 1.29 is 14.3 Å². The van der Waals surface area contributed by atoms with E-state index in [0.717, 1.165) is 11.2 Å². The van der Waals surface area contributed by atoms with Crippen molar-refractivity contribution in [2.75, 3.05) is 12.1 Å². The van der Waals surface area contributed by atoms with E-state index in [-0.39, 0.29) is 12.7 Å². The molecule has 0 fully saturated rings. The Bertz CT molecular complexity index is 936. The summed E-state index contributed by atoms with van der Waals surface area (Å²) in [6.45, 7) is 1.97. The van der Waals surface area contributed by atoms with Crippen LogP contribution in [0.15, 0.2) is 36.8 Å². The highest BCUT2D eigenvalue weighted by Crippen LogP contribution is 2.43. The number of hydrogen-bond acceptors (Lipinski definition) is 4. The third kappa shape index (κ3) is 2.19. The molecule has 0 bridgehead atoms. The molecule has 0 saturated carbocycles. The molecule has 2 aromatic heterocycles. The first kappa shape index (κ1) is 13.9. The highest BCUT2D eigenvalue weighted by atomic mass is 35.5. The second kappa shape index (κ2) is 5.17. The molecule has 7 heteroatoms. The number of halogens is 1. The molecule has 116 valence electrons. The van der Waals surface area contributed by atoms with Gasteiger partial charge in [-0.05, 0) is 31.2 Å². The third-order valence-electron chi connectivity index (χ3n) is 3.81. The van der Waals surface area contributed by atoms with E-state index in [1.54, 1.807) is 30.7 Å². The van der Waals surface area contributed by atoms with Crippen LogP contribution in [-0.4, -0.2) is 22.1 Å². The van der Waals surface area contributed by atoms with Crippen LogP contribution >= 0.6 is 11.6 Å². The Morgan fingerprint density at radius 3 is 3.04 bits per heavy atom. The summed E-state index contributed by atoms with van der Waals surface area (Å²) in [6.07, 6.45) is 3.41. The second-order valence-electron chi connectivity index (χ2n) is 5.13. The van der Waals surface area contributed by atoms with Crippen LogP contribution in [0.5, 0.6) is 11.5 Å². The van der Waals surface area contributed by atoms with E-state index in [1.807, 2.05) is 17.4 Å². The van der Waals surface area contributed by atoms with Crippen LogP contribution in [0.2, 0.25) is 5.02 Å². The van der Waals surface area contributed by atoms with E-state index in [2.05, 4.69) is 10.3 Å². The number of aryl methyl sites for hydroxylation is 1. The first-order valence-corrected chi connectivity index (χ1v) is 7.34. The molecule has 1 aliphatic rings. The summed E-state index contributed by atoms with van der Waals surface area (Å²) >= 11 is 6.19.